The minimum Gasteiger partial charge on any atom is -0.364 e. The van der Waals surface area contributed by atoms with Gasteiger partial charge in [0, 0.05) is 50.4 Å². The molecular weight excluding hydrogens is 394 g/mol. The summed E-state index contributed by atoms with van der Waals surface area (Å²) in [5, 5.41) is 14.0. The van der Waals surface area contributed by atoms with Crippen LogP contribution in [0.5, 0.6) is 0 Å². The van der Waals surface area contributed by atoms with Gasteiger partial charge in [-0.2, -0.15) is 0 Å². The SMILES string of the molecule is C=CCN1C(=O)[C@]2(Cc3cc([N+](=O)[O-])ccc3N3CCN(C)C[C@@H]32)C(=O)NC1=S. The lowest BCUT2D eigenvalue weighted by molar-refractivity contribution is -0.384. The summed E-state index contributed by atoms with van der Waals surface area (Å²) in [7, 11) is 1.95. The summed E-state index contributed by atoms with van der Waals surface area (Å²) in [5.41, 5.74) is -0.0192. The first-order valence-electron chi connectivity index (χ1n) is 9.30. The molecule has 1 N–H and O–H groups in total. The third kappa shape index (κ3) is 2.82. The zero-order valence-corrected chi connectivity index (χ0v) is 16.8. The first-order chi connectivity index (χ1) is 13.8. The Bertz CT molecular complexity index is 951. The molecule has 3 aliphatic rings. The fourth-order valence-electron chi connectivity index (χ4n) is 4.61. The van der Waals surface area contributed by atoms with E-state index in [2.05, 4.69) is 16.8 Å². The van der Waals surface area contributed by atoms with E-state index in [4.69, 9.17) is 12.2 Å². The Morgan fingerprint density at radius 1 is 1.41 bits per heavy atom. The highest BCUT2D eigenvalue weighted by Crippen LogP contribution is 2.46. The fraction of sp³-hybridized carbons (Fsp3) is 0.421. The van der Waals surface area contributed by atoms with E-state index in [1.807, 2.05) is 11.9 Å². The number of nitrogens with one attached hydrogen (secondary N) is 1. The molecule has 0 unspecified atom stereocenters. The second kappa shape index (κ2) is 6.89. The smallest absolute Gasteiger partial charge is 0.269 e. The highest BCUT2D eigenvalue weighted by atomic mass is 32.1. The summed E-state index contributed by atoms with van der Waals surface area (Å²) < 4.78 is 0. The number of non-ortho nitro benzene ring substituents is 1. The molecule has 0 aliphatic carbocycles. The topological polar surface area (TPSA) is 99.0 Å². The number of anilines is 1. The molecule has 1 aromatic carbocycles. The summed E-state index contributed by atoms with van der Waals surface area (Å²) >= 11 is 5.21. The van der Waals surface area contributed by atoms with Crippen molar-refractivity contribution in [3.8, 4) is 0 Å². The Hall–Kier alpha value is -2.85. The molecule has 0 aromatic heterocycles. The van der Waals surface area contributed by atoms with Gasteiger partial charge in [-0.15, -0.1) is 6.58 Å². The molecule has 2 atom stereocenters. The molecule has 3 aliphatic heterocycles. The number of carbonyl (C=O) groups is 2. The summed E-state index contributed by atoms with van der Waals surface area (Å²) in [5.74, 6) is -0.830. The number of carbonyl (C=O) groups excluding carboxylic acids is 2. The largest absolute Gasteiger partial charge is 0.364 e. The van der Waals surface area contributed by atoms with Crippen LogP contribution in [0.2, 0.25) is 0 Å². The van der Waals surface area contributed by atoms with Gasteiger partial charge in [-0.25, -0.2) is 0 Å². The van der Waals surface area contributed by atoms with Gasteiger partial charge < -0.3 is 15.1 Å². The number of piperazine rings is 1. The third-order valence-electron chi connectivity index (χ3n) is 6.01. The van der Waals surface area contributed by atoms with Crippen molar-refractivity contribution in [2.75, 3.05) is 38.1 Å². The van der Waals surface area contributed by atoms with Gasteiger partial charge in [-0.05, 0) is 30.9 Å². The maximum atomic E-state index is 13.7. The lowest BCUT2D eigenvalue weighted by Crippen LogP contribution is -2.75. The molecule has 9 nitrogen and oxygen atoms in total. The van der Waals surface area contributed by atoms with Crippen molar-refractivity contribution >= 4 is 40.5 Å². The van der Waals surface area contributed by atoms with E-state index < -0.39 is 22.3 Å². The Kier molecular flexibility index (Phi) is 4.62. The van der Waals surface area contributed by atoms with Crippen molar-refractivity contribution in [2.24, 2.45) is 5.41 Å². The molecule has 2 saturated heterocycles. The third-order valence-corrected chi connectivity index (χ3v) is 6.34. The first kappa shape index (κ1) is 19.5. The number of nitro groups is 1. The Morgan fingerprint density at radius 2 is 2.17 bits per heavy atom. The van der Waals surface area contributed by atoms with Crippen molar-refractivity contribution < 1.29 is 14.5 Å². The molecule has 10 heteroatoms. The maximum absolute atomic E-state index is 13.7. The molecule has 0 saturated carbocycles. The zero-order valence-electron chi connectivity index (χ0n) is 16.0. The van der Waals surface area contributed by atoms with E-state index >= 15 is 0 Å². The lowest BCUT2D eigenvalue weighted by atomic mass is 9.67. The zero-order chi connectivity index (χ0) is 20.9. The number of amides is 2. The monoisotopic (exact) mass is 415 g/mol. The molecular formula is C19H21N5O4S. The van der Waals surface area contributed by atoms with Crippen molar-refractivity contribution in [3.63, 3.8) is 0 Å². The van der Waals surface area contributed by atoms with Crippen LogP contribution >= 0.6 is 12.2 Å². The van der Waals surface area contributed by atoms with E-state index in [-0.39, 0.29) is 29.7 Å². The Labute approximate surface area is 173 Å². The Morgan fingerprint density at radius 3 is 2.86 bits per heavy atom. The van der Waals surface area contributed by atoms with Crippen LogP contribution in [0.3, 0.4) is 0 Å². The van der Waals surface area contributed by atoms with Gasteiger partial charge in [0.15, 0.2) is 10.5 Å². The number of likely N-dealkylation sites (N-methyl/N-ethyl adjacent to an activating group) is 1. The molecule has 3 heterocycles. The van der Waals surface area contributed by atoms with Gasteiger partial charge in [-0.1, -0.05) is 6.08 Å². The van der Waals surface area contributed by atoms with Crippen LogP contribution in [0.15, 0.2) is 30.9 Å². The van der Waals surface area contributed by atoms with Crippen LogP contribution < -0.4 is 10.2 Å². The minimum atomic E-state index is -1.41. The summed E-state index contributed by atoms with van der Waals surface area (Å²) in [4.78, 5) is 43.2. The van der Waals surface area contributed by atoms with Crippen molar-refractivity contribution in [3.05, 3.63) is 46.5 Å². The van der Waals surface area contributed by atoms with Crippen LogP contribution in [-0.4, -0.2) is 70.9 Å². The summed E-state index contributed by atoms with van der Waals surface area (Å²) in [6, 6.07) is 4.25. The van der Waals surface area contributed by atoms with Crippen LogP contribution in [0.1, 0.15) is 5.56 Å². The lowest BCUT2D eigenvalue weighted by Gasteiger charge is -2.55. The highest BCUT2D eigenvalue weighted by molar-refractivity contribution is 7.80. The standard InChI is InChI=1S/C19H21N5O4S/c1-3-6-23-17(26)19(16(25)20-18(23)29)10-12-9-13(24(27)28)4-5-14(12)22-8-7-21(2)11-15(19)22/h3-5,9,15H,1,6-8,10-11H2,2H3,(H,20,25,29)/t15-,19+/m1/s1. The minimum absolute atomic E-state index is 0.0612. The molecule has 0 bridgehead atoms. The van der Waals surface area contributed by atoms with Crippen LogP contribution in [-0.2, 0) is 16.0 Å². The second-order valence-electron chi connectivity index (χ2n) is 7.65. The Balaban J connectivity index is 1.89. The van der Waals surface area contributed by atoms with Crippen molar-refractivity contribution in [2.45, 2.75) is 12.5 Å². The van der Waals surface area contributed by atoms with Gasteiger partial charge in [0.25, 0.3) is 5.69 Å². The van der Waals surface area contributed by atoms with E-state index in [1.165, 1.54) is 17.0 Å². The van der Waals surface area contributed by atoms with E-state index in [0.717, 1.165) is 12.2 Å². The molecule has 152 valence electrons. The predicted molar refractivity (Wildman–Crippen MR) is 111 cm³/mol. The number of thiocarbonyl (C=S) groups is 1. The van der Waals surface area contributed by atoms with Gasteiger partial charge in [0.1, 0.15) is 0 Å². The fourth-order valence-corrected chi connectivity index (χ4v) is 4.86. The number of rotatable bonds is 3. The van der Waals surface area contributed by atoms with Gasteiger partial charge in [0.2, 0.25) is 11.8 Å². The van der Waals surface area contributed by atoms with Crippen LogP contribution in [0, 0.1) is 15.5 Å². The second-order valence-corrected chi connectivity index (χ2v) is 8.04. The highest BCUT2D eigenvalue weighted by Gasteiger charge is 2.61. The molecule has 1 aromatic rings. The molecule has 1 spiro atoms. The normalized spacial score (nSPS) is 26.8. The predicted octanol–water partition coefficient (Wildman–Crippen LogP) is 0.687. The number of hydrogen-bond donors (Lipinski definition) is 1. The molecule has 29 heavy (non-hydrogen) atoms. The van der Waals surface area contributed by atoms with Crippen molar-refractivity contribution in [1.82, 2.24) is 15.1 Å². The van der Waals surface area contributed by atoms with E-state index in [1.54, 1.807) is 12.1 Å². The van der Waals surface area contributed by atoms with E-state index in [0.29, 0.717) is 18.7 Å². The number of nitro benzene ring substituents is 1. The van der Waals surface area contributed by atoms with Crippen molar-refractivity contribution in [1.29, 1.82) is 0 Å². The van der Waals surface area contributed by atoms with Crippen LogP contribution in [0.25, 0.3) is 0 Å². The average molecular weight is 415 g/mol. The maximum Gasteiger partial charge on any atom is 0.269 e. The summed E-state index contributed by atoms with van der Waals surface area (Å²) in [6.07, 6.45) is 1.64. The quantitative estimate of drug-likeness (QED) is 0.255. The van der Waals surface area contributed by atoms with Gasteiger partial charge in [-0.3, -0.25) is 24.6 Å². The van der Waals surface area contributed by atoms with Crippen LogP contribution in [0.4, 0.5) is 11.4 Å². The number of fused-ring (bicyclic) bond motifs is 4. The number of hydrogen-bond acceptors (Lipinski definition) is 7. The molecule has 2 amide bonds. The number of nitrogens with zero attached hydrogens (tertiary/aromatic N) is 4. The van der Waals surface area contributed by atoms with Gasteiger partial charge >= 0.3 is 0 Å². The average Bonchev–Trinajstić information content (AvgIpc) is 2.68. The molecule has 4 rings (SSSR count). The van der Waals surface area contributed by atoms with E-state index in [9.17, 15) is 19.7 Å². The van der Waals surface area contributed by atoms with Gasteiger partial charge in [0.05, 0.1) is 11.0 Å². The molecule has 2 fully saturated rings. The summed E-state index contributed by atoms with van der Waals surface area (Å²) in [6.45, 7) is 5.75. The number of benzene rings is 1. The molecule has 0 radical (unpaired) electrons. The first-order valence-corrected chi connectivity index (χ1v) is 9.71.